The SMILES string of the molecule is Fc1cccc(C(CCl)CCCOCC(F)(F)F)c1. The molecule has 0 aromatic heterocycles. The Bertz CT molecular complexity index is 381. The zero-order valence-electron chi connectivity index (χ0n) is 10.2. The maximum atomic E-state index is 13.0. The van der Waals surface area contributed by atoms with Crippen LogP contribution in [0.5, 0.6) is 0 Å². The lowest BCUT2D eigenvalue weighted by atomic mass is 9.96. The lowest BCUT2D eigenvalue weighted by molar-refractivity contribution is -0.174. The van der Waals surface area contributed by atoms with Gasteiger partial charge in [-0.15, -0.1) is 11.6 Å². The van der Waals surface area contributed by atoms with Gasteiger partial charge >= 0.3 is 6.18 Å². The highest BCUT2D eigenvalue weighted by atomic mass is 35.5. The summed E-state index contributed by atoms with van der Waals surface area (Å²) in [5.41, 5.74) is 0.755. The van der Waals surface area contributed by atoms with Gasteiger partial charge in [-0.25, -0.2) is 4.39 Å². The molecule has 6 heteroatoms. The number of benzene rings is 1. The molecule has 0 amide bonds. The molecule has 0 N–H and O–H groups in total. The Hall–Kier alpha value is -0.810. The molecule has 0 aliphatic carbocycles. The second-order valence-corrected chi connectivity index (χ2v) is 4.52. The van der Waals surface area contributed by atoms with Crippen molar-refractivity contribution in [2.75, 3.05) is 19.1 Å². The maximum absolute atomic E-state index is 13.0. The molecule has 1 rings (SSSR count). The number of hydrogen-bond donors (Lipinski definition) is 0. The second kappa shape index (κ2) is 7.70. The molecule has 0 heterocycles. The summed E-state index contributed by atoms with van der Waals surface area (Å²) in [7, 11) is 0. The lowest BCUT2D eigenvalue weighted by Gasteiger charge is -2.14. The first-order valence-electron chi connectivity index (χ1n) is 5.88. The summed E-state index contributed by atoms with van der Waals surface area (Å²) in [5, 5.41) is 0. The van der Waals surface area contributed by atoms with Crippen molar-refractivity contribution in [2.45, 2.75) is 24.9 Å². The predicted octanol–water partition coefficient (Wildman–Crippen LogP) is 4.51. The molecule has 108 valence electrons. The van der Waals surface area contributed by atoms with Crippen molar-refractivity contribution < 1.29 is 22.3 Å². The number of alkyl halides is 4. The predicted molar refractivity (Wildman–Crippen MR) is 66.0 cm³/mol. The summed E-state index contributed by atoms with van der Waals surface area (Å²) >= 11 is 5.80. The minimum Gasteiger partial charge on any atom is -0.372 e. The molecule has 0 saturated carbocycles. The van der Waals surface area contributed by atoms with Gasteiger partial charge in [0.1, 0.15) is 12.4 Å². The number of rotatable bonds is 7. The van der Waals surface area contributed by atoms with Crippen molar-refractivity contribution in [2.24, 2.45) is 0 Å². The first-order chi connectivity index (χ1) is 8.92. The van der Waals surface area contributed by atoms with Gasteiger partial charge in [-0.2, -0.15) is 13.2 Å². The van der Waals surface area contributed by atoms with Gasteiger partial charge in [0.2, 0.25) is 0 Å². The average molecular weight is 299 g/mol. The number of hydrogen-bond acceptors (Lipinski definition) is 1. The number of ether oxygens (including phenoxy) is 1. The van der Waals surface area contributed by atoms with E-state index in [4.69, 9.17) is 11.6 Å². The van der Waals surface area contributed by atoms with Crippen LogP contribution < -0.4 is 0 Å². The molecule has 1 aromatic rings. The zero-order chi connectivity index (χ0) is 14.3. The third-order valence-electron chi connectivity index (χ3n) is 2.61. The maximum Gasteiger partial charge on any atom is 0.411 e. The van der Waals surface area contributed by atoms with Gasteiger partial charge in [0, 0.05) is 12.5 Å². The van der Waals surface area contributed by atoms with Crippen molar-refractivity contribution in [3.05, 3.63) is 35.6 Å². The van der Waals surface area contributed by atoms with Gasteiger partial charge in [0.05, 0.1) is 0 Å². The van der Waals surface area contributed by atoms with Gasteiger partial charge in [-0.05, 0) is 36.5 Å². The number of halogens is 5. The minimum absolute atomic E-state index is 0.0161. The summed E-state index contributed by atoms with van der Waals surface area (Å²) in [6.07, 6.45) is -3.29. The van der Waals surface area contributed by atoms with Crippen LogP contribution in [0, 0.1) is 5.82 Å². The van der Waals surface area contributed by atoms with E-state index in [9.17, 15) is 17.6 Å². The topological polar surface area (TPSA) is 9.23 Å². The van der Waals surface area contributed by atoms with Crippen LogP contribution in [0.3, 0.4) is 0 Å². The normalized spacial score (nSPS) is 13.5. The Kier molecular flexibility index (Phi) is 6.58. The molecule has 0 aliphatic rings. The molecule has 1 unspecified atom stereocenters. The van der Waals surface area contributed by atoms with Crippen molar-refractivity contribution in [3.63, 3.8) is 0 Å². The van der Waals surface area contributed by atoms with Crippen LogP contribution in [0.2, 0.25) is 0 Å². The molecule has 1 atom stereocenters. The molecular formula is C13H15ClF4O. The van der Waals surface area contributed by atoms with Crippen molar-refractivity contribution in [3.8, 4) is 0 Å². The van der Waals surface area contributed by atoms with Gasteiger partial charge in [0.25, 0.3) is 0 Å². The highest BCUT2D eigenvalue weighted by Gasteiger charge is 2.27. The van der Waals surface area contributed by atoms with E-state index in [2.05, 4.69) is 4.74 Å². The Morgan fingerprint density at radius 3 is 2.58 bits per heavy atom. The molecule has 1 nitrogen and oxygen atoms in total. The van der Waals surface area contributed by atoms with Gasteiger partial charge in [0.15, 0.2) is 0 Å². The summed E-state index contributed by atoms with van der Waals surface area (Å²) in [6.45, 7) is -1.22. The van der Waals surface area contributed by atoms with Crippen molar-refractivity contribution >= 4 is 11.6 Å². The summed E-state index contributed by atoms with van der Waals surface area (Å²) in [6, 6.07) is 6.07. The summed E-state index contributed by atoms with van der Waals surface area (Å²) in [5.74, 6) is -0.129. The average Bonchev–Trinajstić information content (AvgIpc) is 2.32. The van der Waals surface area contributed by atoms with E-state index in [1.165, 1.54) is 12.1 Å². The first kappa shape index (κ1) is 16.2. The van der Waals surface area contributed by atoms with E-state index in [1.54, 1.807) is 12.1 Å². The fourth-order valence-electron chi connectivity index (χ4n) is 1.71. The van der Waals surface area contributed by atoms with Crippen LogP contribution in [0.4, 0.5) is 17.6 Å². The van der Waals surface area contributed by atoms with E-state index >= 15 is 0 Å². The third kappa shape index (κ3) is 6.78. The third-order valence-corrected chi connectivity index (χ3v) is 2.99. The van der Waals surface area contributed by atoms with E-state index in [0.717, 1.165) is 5.56 Å². The Balaban J connectivity index is 2.34. The summed E-state index contributed by atoms with van der Waals surface area (Å²) in [4.78, 5) is 0. The molecule has 1 aromatic carbocycles. The lowest BCUT2D eigenvalue weighted by Crippen LogP contribution is -2.17. The van der Waals surface area contributed by atoms with Crippen molar-refractivity contribution in [1.82, 2.24) is 0 Å². The van der Waals surface area contributed by atoms with Crippen LogP contribution >= 0.6 is 11.6 Å². The van der Waals surface area contributed by atoms with Gasteiger partial charge in [-0.3, -0.25) is 0 Å². The van der Waals surface area contributed by atoms with Crippen LogP contribution in [-0.4, -0.2) is 25.3 Å². The van der Waals surface area contributed by atoms with Gasteiger partial charge in [-0.1, -0.05) is 12.1 Å². The van der Waals surface area contributed by atoms with Crippen LogP contribution in [-0.2, 0) is 4.74 Å². The monoisotopic (exact) mass is 298 g/mol. The molecule has 0 saturated heterocycles. The molecule has 0 fully saturated rings. The highest BCUT2D eigenvalue weighted by Crippen LogP contribution is 2.23. The standard InChI is InChI=1S/C13H15ClF4O/c14-8-11(10-3-1-5-12(15)7-10)4-2-6-19-9-13(16,17)18/h1,3,5,7,11H,2,4,6,8-9H2. The fourth-order valence-corrected chi connectivity index (χ4v) is 2.05. The zero-order valence-corrected chi connectivity index (χ0v) is 11.0. The van der Waals surface area contributed by atoms with Crippen LogP contribution in [0.15, 0.2) is 24.3 Å². The van der Waals surface area contributed by atoms with Crippen LogP contribution in [0.1, 0.15) is 24.3 Å². The Morgan fingerprint density at radius 2 is 2.00 bits per heavy atom. The second-order valence-electron chi connectivity index (χ2n) is 4.22. The highest BCUT2D eigenvalue weighted by molar-refractivity contribution is 6.18. The van der Waals surface area contributed by atoms with E-state index in [-0.39, 0.29) is 18.3 Å². The Morgan fingerprint density at radius 1 is 1.26 bits per heavy atom. The smallest absolute Gasteiger partial charge is 0.372 e. The van der Waals surface area contributed by atoms with E-state index in [0.29, 0.717) is 18.7 Å². The van der Waals surface area contributed by atoms with E-state index in [1.807, 2.05) is 0 Å². The molecule has 0 bridgehead atoms. The summed E-state index contributed by atoms with van der Waals surface area (Å²) < 4.78 is 53.0. The molecule has 0 aliphatic heterocycles. The van der Waals surface area contributed by atoms with E-state index < -0.39 is 12.8 Å². The largest absolute Gasteiger partial charge is 0.411 e. The Labute approximate surface area is 114 Å². The molecule has 19 heavy (non-hydrogen) atoms. The minimum atomic E-state index is -4.30. The van der Waals surface area contributed by atoms with Gasteiger partial charge < -0.3 is 4.74 Å². The van der Waals surface area contributed by atoms with Crippen molar-refractivity contribution in [1.29, 1.82) is 0 Å². The van der Waals surface area contributed by atoms with Crippen LogP contribution in [0.25, 0.3) is 0 Å². The quantitative estimate of drug-likeness (QED) is 0.409. The molecule has 0 radical (unpaired) electrons. The molecule has 0 spiro atoms. The fraction of sp³-hybridized carbons (Fsp3) is 0.538. The molecular weight excluding hydrogens is 284 g/mol. The first-order valence-corrected chi connectivity index (χ1v) is 6.42.